The Labute approximate surface area is 164 Å². The van der Waals surface area contributed by atoms with Crippen LogP contribution in [0, 0.1) is 0 Å². The highest BCUT2D eigenvalue weighted by Crippen LogP contribution is 2.34. The fourth-order valence-corrected chi connectivity index (χ4v) is 4.33. The first kappa shape index (κ1) is 19.2. The van der Waals surface area contributed by atoms with E-state index in [9.17, 15) is 9.59 Å². The zero-order chi connectivity index (χ0) is 18.4. The summed E-state index contributed by atoms with van der Waals surface area (Å²) < 4.78 is 11.4. The first-order chi connectivity index (χ1) is 12.6. The van der Waals surface area contributed by atoms with E-state index in [1.54, 1.807) is 0 Å². The average molecular weight is 438 g/mol. The number of halogens is 1. The molecule has 26 heavy (non-hydrogen) atoms. The molecule has 1 amide bonds. The second-order valence-electron chi connectivity index (χ2n) is 5.99. The molecule has 0 aliphatic carbocycles. The monoisotopic (exact) mass is 437 g/mol. The number of esters is 1. The maximum atomic E-state index is 11.9. The number of nitrogens with one attached hydrogen (secondary N) is 1. The molecule has 0 spiro atoms. The lowest BCUT2D eigenvalue weighted by molar-refractivity contribution is -0.146. The number of carbonyl (C=O) groups is 2. The summed E-state index contributed by atoms with van der Waals surface area (Å²) in [5, 5.41) is 4.96. The number of amides is 1. The minimum absolute atomic E-state index is 0.0791. The summed E-state index contributed by atoms with van der Waals surface area (Å²) in [4.78, 5) is 24.6. The number of fused-ring (bicyclic) bond motifs is 1. The number of ether oxygens (including phenoxy) is 2. The Hall–Kier alpha value is -1.57. The molecule has 0 radical (unpaired) electrons. The van der Waals surface area contributed by atoms with Crippen molar-refractivity contribution in [1.82, 2.24) is 5.32 Å². The normalized spacial score (nSPS) is 16.6. The number of hydrogen-bond acceptors (Lipinski definition) is 5. The van der Waals surface area contributed by atoms with E-state index in [4.69, 9.17) is 9.47 Å². The summed E-state index contributed by atoms with van der Waals surface area (Å²) >= 11 is 4.98. The predicted molar refractivity (Wildman–Crippen MR) is 105 cm³/mol. The minimum atomic E-state index is -0.415. The Morgan fingerprint density at radius 2 is 2.12 bits per heavy atom. The quantitative estimate of drug-likeness (QED) is 0.530. The third-order valence-corrected chi connectivity index (χ3v) is 6.24. The van der Waals surface area contributed by atoms with E-state index in [1.807, 2.05) is 36.4 Å². The van der Waals surface area contributed by atoms with Gasteiger partial charge in [0.2, 0.25) is 0 Å². The number of carbonyl (C=O) groups excluding carboxylic acids is 2. The van der Waals surface area contributed by atoms with Gasteiger partial charge in [-0.15, -0.1) is 11.8 Å². The van der Waals surface area contributed by atoms with Gasteiger partial charge in [-0.05, 0) is 45.6 Å². The number of thioether (sulfide) groups is 1. The van der Waals surface area contributed by atoms with E-state index >= 15 is 0 Å². The van der Waals surface area contributed by atoms with Gasteiger partial charge in [0.15, 0.2) is 6.61 Å². The van der Waals surface area contributed by atoms with E-state index in [0.717, 1.165) is 39.6 Å². The average Bonchev–Trinajstić information content (AvgIpc) is 3.18. The third kappa shape index (κ3) is 5.22. The summed E-state index contributed by atoms with van der Waals surface area (Å²) in [6.45, 7) is 0.956. The molecular weight excluding hydrogens is 418 g/mol. The molecule has 1 heterocycles. The van der Waals surface area contributed by atoms with Crippen molar-refractivity contribution in [3.05, 3.63) is 40.9 Å². The molecule has 1 aliphatic heterocycles. The van der Waals surface area contributed by atoms with E-state index in [-0.39, 0.29) is 24.4 Å². The summed E-state index contributed by atoms with van der Waals surface area (Å²) in [6.07, 6.45) is 2.06. The molecule has 0 bridgehead atoms. The second kappa shape index (κ2) is 9.39. The maximum absolute atomic E-state index is 11.9. The van der Waals surface area contributed by atoms with Crippen LogP contribution in [0.15, 0.2) is 45.8 Å². The Morgan fingerprint density at radius 3 is 2.92 bits per heavy atom. The van der Waals surface area contributed by atoms with Gasteiger partial charge in [-0.3, -0.25) is 9.59 Å². The van der Waals surface area contributed by atoms with Gasteiger partial charge in [0, 0.05) is 22.5 Å². The Bertz CT molecular complexity index is 792. The topological polar surface area (TPSA) is 64.6 Å². The molecule has 0 aromatic heterocycles. The number of benzene rings is 2. The zero-order valence-corrected chi connectivity index (χ0v) is 16.6. The van der Waals surface area contributed by atoms with Gasteiger partial charge in [-0.25, -0.2) is 0 Å². The van der Waals surface area contributed by atoms with Crippen molar-refractivity contribution in [3.8, 4) is 0 Å². The van der Waals surface area contributed by atoms with Crippen LogP contribution in [0.1, 0.15) is 12.8 Å². The first-order valence-electron chi connectivity index (χ1n) is 8.47. The zero-order valence-electron chi connectivity index (χ0n) is 14.2. The Morgan fingerprint density at radius 1 is 1.27 bits per heavy atom. The highest BCUT2D eigenvalue weighted by Gasteiger charge is 2.17. The predicted octanol–water partition coefficient (Wildman–Crippen LogP) is 3.53. The first-order valence-corrected chi connectivity index (χ1v) is 10.3. The van der Waals surface area contributed by atoms with Crippen molar-refractivity contribution in [3.63, 3.8) is 0 Å². The number of rotatable bonds is 7. The van der Waals surface area contributed by atoms with Crippen molar-refractivity contribution >= 4 is 50.3 Å². The molecule has 3 rings (SSSR count). The smallest absolute Gasteiger partial charge is 0.316 e. The van der Waals surface area contributed by atoms with Gasteiger partial charge in [0.05, 0.1) is 11.9 Å². The maximum Gasteiger partial charge on any atom is 0.316 e. The van der Waals surface area contributed by atoms with Crippen molar-refractivity contribution in [2.75, 3.05) is 25.5 Å². The Kier molecular flexibility index (Phi) is 6.93. The molecule has 0 saturated carbocycles. The molecule has 0 unspecified atom stereocenters. The van der Waals surface area contributed by atoms with E-state index in [2.05, 4.69) is 21.2 Å². The van der Waals surface area contributed by atoms with Crippen LogP contribution in [0.4, 0.5) is 0 Å². The molecule has 1 aliphatic rings. The van der Waals surface area contributed by atoms with Crippen LogP contribution in [-0.2, 0) is 19.1 Å². The molecule has 138 valence electrons. The van der Waals surface area contributed by atoms with Crippen LogP contribution in [0.3, 0.4) is 0 Å². The van der Waals surface area contributed by atoms with Gasteiger partial charge in [0.25, 0.3) is 5.91 Å². The molecule has 7 heteroatoms. The van der Waals surface area contributed by atoms with Crippen LogP contribution in [0.5, 0.6) is 0 Å². The highest BCUT2D eigenvalue weighted by molar-refractivity contribution is 9.10. The Balaban J connectivity index is 1.42. The van der Waals surface area contributed by atoms with Gasteiger partial charge in [-0.2, -0.15) is 0 Å². The summed E-state index contributed by atoms with van der Waals surface area (Å²) in [5.74, 6) is -0.566. The lowest BCUT2D eigenvalue weighted by Crippen LogP contribution is -2.35. The molecule has 2 aromatic rings. The van der Waals surface area contributed by atoms with Crippen LogP contribution < -0.4 is 5.32 Å². The molecule has 5 nitrogen and oxygen atoms in total. The fraction of sp³-hybridized carbons (Fsp3) is 0.368. The molecular formula is C19H20BrNO4S. The summed E-state index contributed by atoms with van der Waals surface area (Å²) in [6, 6.07) is 12.0. The number of hydrogen-bond donors (Lipinski definition) is 1. The third-order valence-electron chi connectivity index (χ3n) is 4.09. The second-order valence-corrected chi connectivity index (χ2v) is 7.80. The van der Waals surface area contributed by atoms with Gasteiger partial charge >= 0.3 is 5.97 Å². The van der Waals surface area contributed by atoms with Crippen molar-refractivity contribution in [1.29, 1.82) is 0 Å². The van der Waals surface area contributed by atoms with Crippen molar-refractivity contribution in [2.45, 2.75) is 23.8 Å². The molecule has 1 saturated heterocycles. The minimum Gasteiger partial charge on any atom is -0.455 e. The van der Waals surface area contributed by atoms with Crippen LogP contribution in [-0.4, -0.2) is 43.5 Å². The largest absolute Gasteiger partial charge is 0.455 e. The van der Waals surface area contributed by atoms with Crippen LogP contribution >= 0.6 is 27.7 Å². The van der Waals surface area contributed by atoms with Gasteiger partial charge < -0.3 is 14.8 Å². The van der Waals surface area contributed by atoms with Crippen LogP contribution in [0.2, 0.25) is 0 Å². The SMILES string of the molecule is O=C(COC(=O)CSc1ccc2ccccc2c1Br)NC[C@@H]1CCCO1. The van der Waals surface area contributed by atoms with E-state index in [0.29, 0.717) is 6.54 Å². The van der Waals surface area contributed by atoms with Crippen LogP contribution in [0.25, 0.3) is 10.8 Å². The molecule has 1 fully saturated rings. The standard InChI is InChI=1S/C19H20BrNO4S/c20-19-15-6-2-1-4-13(15)7-8-16(19)26-12-18(23)25-11-17(22)21-10-14-5-3-9-24-14/h1-2,4,6-8,14H,3,5,9-12H2,(H,21,22)/t14-/m0/s1. The highest BCUT2D eigenvalue weighted by atomic mass is 79.9. The fourth-order valence-electron chi connectivity index (χ4n) is 2.73. The lowest BCUT2D eigenvalue weighted by Gasteiger charge is -2.11. The molecule has 1 atom stereocenters. The molecule has 2 aromatic carbocycles. The van der Waals surface area contributed by atoms with Crippen molar-refractivity contribution in [2.24, 2.45) is 0 Å². The van der Waals surface area contributed by atoms with Gasteiger partial charge in [-0.1, -0.05) is 30.3 Å². The van der Waals surface area contributed by atoms with E-state index < -0.39 is 5.97 Å². The summed E-state index contributed by atoms with van der Waals surface area (Å²) in [7, 11) is 0. The lowest BCUT2D eigenvalue weighted by atomic mass is 10.1. The van der Waals surface area contributed by atoms with E-state index in [1.165, 1.54) is 11.8 Å². The summed E-state index contributed by atoms with van der Waals surface area (Å²) in [5.41, 5.74) is 0. The van der Waals surface area contributed by atoms with Crippen molar-refractivity contribution < 1.29 is 19.1 Å². The molecule has 1 N–H and O–H groups in total. The van der Waals surface area contributed by atoms with Gasteiger partial charge in [0.1, 0.15) is 0 Å².